The summed E-state index contributed by atoms with van der Waals surface area (Å²) in [6.45, 7) is 0.626. The van der Waals surface area contributed by atoms with Crippen LogP contribution in [0.15, 0.2) is 60.9 Å². The van der Waals surface area contributed by atoms with Gasteiger partial charge in [0.1, 0.15) is 11.5 Å². The molecule has 2 N–H and O–H groups in total. The summed E-state index contributed by atoms with van der Waals surface area (Å²) in [5.41, 5.74) is 1.78. The van der Waals surface area contributed by atoms with Crippen LogP contribution in [0.25, 0.3) is 0 Å². The van der Waals surface area contributed by atoms with Crippen LogP contribution in [-0.4, -0.2) is 15.9 Å². The first kappa shape index (κ1) is 17.2. The maximum absolute atomic E-state index is 12.2. The Labute approximate surface area is 155 Å². The minimum Gasteiger partial charge on any atom is -0.365 e. The number of halogens is 2. The molecule has 1 heterocycles. The van der Waals surface area contributed by atoms with Crippen molar-refractivity contribution in [2.75, 3.05) is 10.6 Å². The lowest BCUT2D eigenvalue weighted by molar-refractivity contribution is 0.102. The van der Waals surface area contributed by atoms with E-state index in [1.807, 2.05) is 30.3 Å². The van der Waals surface area contributed by atoms with Crippen LogP contribution in [-0.2, 0) is 6.54 Å². The molecule has 0 saturated heterocycles. The van der Waals surface area contributed by atoms with Crippen molar-refractivity contribution in [1.82, 2.24) is 9.97 Å². The highest BCUT2D eigenvalue weighted by molar-refractivity contribution is 6.36. The van der Waals surface area contributed by atoms with Gasteiger partial charge in [-0.05, 0) is 23.8 Å². The SMILES string of the molecule is O=C(Nc1ccc(Cl)cc1Cl)c1cnc(NCc2ccccc2)cn1. The molecule has 1 amide bonds. The van der Waals surface area contributed by atoms with Gasteiger partial charge in [0.15, 0.2) is 0 Å². The summed E-state index contributed by atoms with van der Waals surface area (Å²) >= 11 is 11.9. The van der Waals surface area contributed by atoms with Crippen molar-refractivity contribution >= 4 is 40.6 Å². The summed E-state index contributed by atoms with van der Waals surface area (Å²) < 4.78 is 0. The van der Waals surface area contributed by atoms with E-state index in [1.54, 1.807) is 18.2 Å². The number of nitrogens with one attached hydrogen (secondary N) is 2. The van der Waals surface area contributed by atoms with E-state index in [1.165, 1.54) is 12.4 Å². The van der Waals surface area contributed by atoms with Gasteiger partial charge in [-0.1, -0.05) is 53.5 Å². The second-order valence-electron chi connectivity index (χ2n) is 5.20. The molecule has 5 nitrogen and oxygen atoms in total. The first-order chi connectivity index (χ1) is 12.1. The molecule has 0 atom stereocenters. The smallest absolute Gasteiger partial charge is 0.275 e. The fourth-order valence-corrected chi connectivity index (χ4v) is 2.56. The highest BCUT2D eigenvalue weighted by Crippen LogP contribution is 2.25. The summed E-state index contributed by atoms with van der Waals surface area (Å²) in [7, 11) is 0. The van der Waals surface area contributed by atoms with Crippen LogP contribution in [0.5, 0.6) is 0 Å². The van der Waals surface area contributed by atoms with Gasteiger partial charge in [-0.25, -0.2) is 9.97 Å². The summed E-state index contributed by atoms with van der Waals surface area (Å²) in [6, 6.07) is 14.8. The summed E-state index contributed by atoms with van der Waals surface area (Å²) in [5, 5.41) is 6.68. The predicted octanol–water partition coefficient (Wildman–Crippen LogP) is 4.65. The maximum Gasteiger partial charge on any atom is 0.275 e. The highest BCUT2D eigenvalue weighted by Gasteiger charge is 2.11. The van der Waals surface area contributed by atoms with E-state index in [0.29, 0.717) is 28.1 Å². The zero-order valence-electron chi connectivity index (χ0n) is 13.0. The molecule has 3 aromatic rings. The molecule has 1 aromatic heterocycles. The highest BCUT2D eigenvalue weighted by atomic mass is 35.5. The third-order valence-corrected chi connectivity index (χ3v) is 3.93. The molecule has 0 aliphatic carbocycles. The molecule has 0 saturated carbocycles. The fourth-order valence-electron chi connectivity index (χ4n) is 2.10. The number of carbonyl (C=O) groups excluding carboxylic acids is 1. The van der Waals surface area contributed by atoms with Crippen molar-refractivity contribution in [2.45, 2.75) is 6.54 Å². The predicted molar refractivity (Wildman–Crippen MR) is 100 cm³/mol. The number of benzene rings is 2. The van der Waals surface area contributed by atoms with Crippen LogP contribution >= 0.6 is 23.2 Å². The normalized spacial score (nSPS) is 10.3. The Morgan fingerprint density at radius 1 is 1.00 bits per heavy atom. The average molecular weight is 373 g/mol. The molecule has 0 aliphatic heterocycles. The van der Waals surface area contributed by atoms with Crippen LogP contribution in [0.1, 0.15) is 16.1 Å². The van der Waals surface area contributed by atoms with E-state index in [-0.39, 0.29) is 5.69 Å². The number of hydrogen-bond acceptors (Lipinski definition) is 4. The number of rotatable bonds is 5. The summed E-state index contributed by atoms with van der Waals surface area (Å²) in [5.74, 6) is 0.191. The molecule has 2 aromatic carbocycles. The van der Waals surface area contributed by atoms with E-state index in [4.69, 9.17) is 23.2 Å². The van der Waals surface area contributed by atoms with Crippen LogP contribution < -0.4 is 10.6 Å². The van der Waals surface area contributed by atoms with Gasteiger partial charge in [0.05, 0.1) is 23.1 Å². The van der Waals surface area contributed by atoms with Gasteiger partial charge < -0.3 is 10.6 Å². The Morgan fingerprint density at radius 3 is 2.48 bits per heavy atom. The van der Waals surface area contributed by atoms with Gasteiger partial charge in [0.2, 0.25) is 0 Å². The number of hydrogen-bond donors (Lipinski definition) is 2. The van der Waals surface area contributed by atoms with E-state index in [2.05, 4.69) is 20.6 Å². The number of aromatic nitrogens is 2. The molecule has 0 aliphatic rings. The van der Waals surface area contributed by atoms with Gasteiger partial charge >= 0.3 is 0 Å². The molecule has 0 unspecified atom stereocenters. The first-order valence-corrected chi connectivity index (χ1v) is 8.23. The number of nitrogens with zero attached hydrogens (tertiary/aromatic N) is 2. The molecule has 7 heteroatoms. The number of amides is 1. The Hall–Kier alpha value is -2.63. The Morgan fingerprint density at radius 2 is 1.80 bits per heavy atom. The second kappa shape index (κ2) is 7.96. The van der Waals surface area contributed by atoms with Crippen LogP contribution in [0, 0.1) is 0 Å². The lowest BCUT2D eigenvalue weighted by Crippen LogP contribution is -2.14. The summed E-state index contributed by atoms with van der Waals surface area (Å²) in [4.78, 5) is 20.5. The van der Waals surface area contributed by atoms with Crippen LogP contribution in [0.4, 0.5) is 11.5 Å². The maximum atomic E-state index is 12.2. The largest absolute Gasteiger partial charge is 0.365 e. The van der Waals surface area contributed by atoms with Crippen molar-refractivity contribution in [2.24, 2.45) is 0 Å². The zero-order chi connectivity index (χ0) is 17.6. The van der Waals surface area contributed by atoms with Crippen molar-refractivity contribution < 1.29 is 4.79 Å². The van der Waals surface area contributed by atoms with Gasteiger partial charge in [0, 0.05) is 11.6 Å². The monoisotopic (exact) mass is 372 g/mol. The van der Waals surface area contributed by atoms with E-state index in [9.17, 15) is 4.79 Å². The molecule has 126 valence electrons. The third-order valence-electron chi connectivity index (χ3n) is 3.38. The Kier molecular flexibility index (Phi) is 5.48. The first-order valence-electron chi connectivity index (χ1n) is 7.48. The Balaban J connectivity index is 1.62. The van der Waals surface area contributed by atoms with Gasteiger partial charge in [0.25, 0.3) is 5.91 Å². The summed E-state index contributed by atoms with van der Waals surface area (Å²) in [6.07, 6.45) is 2.92. The van der Waals surface area contributed by atoms with Crippen molar-refractivity contribution in [3.63, 3.8) is 0 Å². The fraction of sp³-hybridized carbons (Fsp3) is 0.0556. The van der Waals surface area contributed by atoms with Crippen molar-refractivity contribution in [1.29, 1.82) is 0 Å². The molecule has 3 rings (SSSR count). The number of carbonyl (C=O) groups is 1. The second-order valence-corrected chi connectivity index (χ2v) is 6.05. The van der Waals surface area contributed by atoms with Crippen LogP contribution in [0.3, 0.4) is 0 Å². The van der Waals surface area contributed by atoms with Gasteiger partial charge in [-0.15, -0.1) is 0 Å². The zero-order valence-corrected chi connectivity index (χ0v) is 14.6. The third kappa shape index (κ3) is 4.68. The average Bonchev–Trinajstić information content (AvgIpc) is 2.63. The topological polar surface area (TPSA) is 66.9 Å². The molecular formula is C18H14Cl2N4O. The molecule has 0 spiro atoms. The van der Waals surface area contributed by atoms with Crippen molar-refractivity contribution in [3.05, 3.63) is 82.2 Å². The van der Waals surface area contributed by atoms with E-state index >= 15 is 0 Å². The minimum absolute atomic E-state index is 0.191. The van der Waals surface area contributed by atoms with E-state index in [0.717, 1.165) is 5.56 Å². The molecular weight excluding hydrogens is 359 g/mol. The van der Waals surface area contributed by atoms with Gasteiger partial charge in [-0.3, -0.25) is 4.79 Å². The van der Waals surface area contributed by atoms with Crippen LogP contribution in [0.2, 0.25) is 10.0 Å². The molecule has 25 heavy (non-hydrogen) atoms. The molecule has 0 fully saturated rings. The minimum atomic E-state index is -0.397. The quantitative estimate of drug-likeness (QED) is 0.683. The standard InChI is InChI=1S/C18H14Cl2N4O/c19-13-6-7-15(14(20)8-13)24-18(25)16-10-23-17(11-21-16)22-9-12-4-2-1-3-5-12/h1-8,10-11H,9H2,(H,22,23)(H,24,25). The molecule has 0 bridgehead atoms. The van der Waals surface area contributed by atoms with Crippen molar-refractivity contribution in [3.8, 4) is 0 Å². The Bertz CT molecular complexity index is 870. The van der Waals surface area contributed by atoms with Gasteiger partial charge in [-0.2, -0.15) is 0 Å². The molecule has 0 radical (unpaired) electrons. The lowest BCUT2D eigenvalue weighted by atomic mass is 10.2. The number of anilines is 2. The lowest BCUT2D eigenvalue weighted by Gasteiger charge is -2.08. The van der Waals surface area contributed by atoms with E-state index < -0.39 is 5.91 Å².